The molecule has 1 aromatic carbocycles. The Bertz CT molecular complexity index is 296. The highest BCUT2D eigenvalue weighted by molar-refractivity contribution is 5.81. The van der Waals surface area contributed by atoms with Crippen molar-refractivity contribution in [2.24, 2.45) is 5.73 Å². The lowest BCUT2D eigenvalue weighted by Gasteiger charge is -2.05. The molecular weight excluding hydrogens is 214 g/mol. The average Bonchev–Trinajstić information content (AvgIpc) is 2.41. The van der Waals surface area contributed by atoms with E-state index in [0.717, 1.165) is 11.8 Å². The Kier molecular flexibility index (Phi) is 13.0. The van der Waals surface area contributed by atoms with Crippen molar-refractivity contribution in [1.29, 1.82) is 0 Å². The first-order chi connectivity index (χ1) is 8.13. The second kappa shape index (κ2) is 12.4. The van der Waals surface area contributed by atoms with E-state index in [1.807, 2.05) is 51.1 Å². The molecule has 1 aromatic rings. The third kappa shape index (κ3) is 9.30. The zero-order chi connectivity index (χ0) is 13.7. The van der Waals surface area contributed by atoms with E-state index >= 15 is 0 Å². The van der Waals surface area contributed by atoms with Gasteiger partial charge in [-0.2, -0.15) is 0 Å². The van der Waals surface area contributed by atoms with Crippen LogP contribution in [0.4, 0.5) is 0 Å². The van der Waals surface area contributed by atoms with Crippen LogP contribution in [-0.2, 0) is 9.59 Å². The van der Waals surface area contributed by atoms with Crippen molar-refractivity contribution in [2.75, 3.05) is 0 Å². The molecule has 2 N–H and O–H groups in total. The van der Waals surface area contributed by atoms with Crippen LogP contribution in [0.5, 0.6) is 0 Å². The molecule has 0 radical (unpaired) electrons. The second-order valence-corrected chi connectivity index (χ2v) is 3.11. The minimum Gasteiger partial charge on any atom is -0.369 e. The van der Waals surface area contributed by atoms with Crippen LogP contribution in [-0.4, -0.2) is 12.2 Å². The fraction of sp³-hybridized carbons (Fsp3) is 0.429. The van der Waals surface area contributed by atoms with Gasteiger partial charge in [-0.25, -0.2) is 0 Å². The Morgan fingerprint density at radius 2 is 1.71 bits per heavy atom. The summed E-state index contributed by atoms with van der Waals surface area (Å²) >= 11 is 0. The van der Waals surface area contributed by atoms with Crippen molar-refractivity contribution in [1.82, 2.24) is 0 Å². The fourth-order valence-corrected chi connectivity index (χ4v) is 0.906. The van der Waals surface area contributed by atoms with Gasteiger partial charge in [0.2, 0.25) is 5.91 Å². The van der Waals surface area contributed by atoms with E-state index < -0.39 is 0 Å². The van der Waals surface area contributed by atoms with Gasteiger partial charge in [-0.05, 0) is 12.5 Å². The molecule has 17 heavy (non-hydrogen) atoms. The van der Waals surface area contributed by atoms with E-state index in [9.17, 15) is 9.59 Å². The number of benzene rings is 1. The predicted molar refractivity (Wildman–Crippen MR) is 71.8 cm³/mol. The first-order valence-corrected chi connectivity index (χ1v) is 5.91. The number of carbonyl (C=O) groups is 2. The molecule has 96 valence electrons. The number of rotatable bonds is 3. The maximum atomic E-state index is 10.7. The molecular formula is C14H23NO2. The summed E-state index contributed by atoms with van der Waals surface area (Å²) < 4.78 is 0. The molecule has 0 aromatic heterocycles. The molecule has 1 atom stereocenters. The molecule has 0 saturated heterocycles. The molecule has 0 unspecified atom stereocenters. The summed E-state index contributed by atoms with van der Waals surface area (Å²) in [4.78, 5) is 19.9. The van der Waals surface area contributed by atoms with Gasteiger partial charge in [0.25, 0.3) is 0 Å². The molecule has 0 aliphatic rings. The van der Waals surface area contributed by atoms with Gasteiger partial charge < -0.3 is 10.5 Å². The minimum absolute atomic E-state index is 0.184. The van der Waals surface area contributed by atoms with Crippen LogP contribution in [0.15, 0.2) is 30.3 Å². The zero-order valence-electron chi connectivity index (χ0n) is 11.1. The van der Waals surface area contributed by atoms with Gasteiger partial charge in [0.15, 0.2) is 0 Å². The summed E-state index contributed by atoms with van der Waals surface area (Å²) in [5.74, 6) is -0.465. The van der Waals surface area contributed by atoms with Crippen LogP contribution in [0.1, 0.15) is 45.6 Å². The molecule has 0 bridgehead atoms. The number of primary amides is 1. The minimum atomic E-state index is -0.281. The molecule has 1 amide bonds. The summed E-state index contributed by atoms with van der Waals surface area (Å²) in [7, 11) is 0. The Labute approximate surface area is 104 Å². The van der Waals surface area contributed by atoms with Crippen molar-refractivity contribution in [3.05, 3.63) is 35.9 Å². The molecule has 0 aliphatic carbocycles. The van der Waals surface area contributed by atoms with Gasteiger partial charge in [-0.3, -0.25) is 4.79 Å². The highest BCUT2D eigenvalue weighted by atomic mass is 16.1. The summed E-state index contributed by atoms with van der Waals surface area (Å²) in [5.41, 5.74) is 6.10. The van der Waals surface area contributed by atoms with Crippen molar-refractivity contribution in [2.45, 2.75) is 40.0 Å². The quantitative estimate of drug-likeness (QED) is 0.822. The number of amides is 1. The maximum absolute atomic E-state index is 10.7. The maximum Gasteiger partial charge on any atom is 0.224 e. The third-order valence-electron chi connectivity index (χ3n) is 1.89. The van der Waals surface area contributed by atoms with Crippen LogP contribution in [0.25, 0.3) is 0 Å². The van der Waals surface area contributed by atoms with Crippen LogP contribution in [0, 0.1) is 0 Å². The number of aldehydes is 1. The van der Waals surface area contributed by atoms with Crippen molar-refractivity contribution in [3.8, 4) is 0 Å². The van der Waals surface area contributed by atoms with E-state index in [1.54, 1.807) is 6.92 Å². The zero-order valence-corrected chi connectivity index (χ0v) is 11.1. The van der Waals surface area contributed by atoms with Crippen LogP contribution >= 0.6 is 0 Å². The smallest absolute Gasteiger partial charge is 0.224 e. The topological polar surface area (TPSA) is 60.2 Å². The fourth-order valence-electron chi connectivity index (χ4n) is 0.906. The predicted octanol–water partition coefficient (Wildman–Crippen LogP) is 2.90. The van der Waals surface area contributed by atoms with E-state index in [2.05, 4.69) is 0 Å². The van der Waals surface area contributed by atoms with Gasteiger partial charge in [0.05, 0.1) is 5.92 Å². The van der Waals surface area contributed by atoms with E-state index in [4.69, 9.17) is 5.73 Å². The summed E-state index contributed by atoms with van der Waals surface area (Å²) in [5, 5.41) is 0. The van der Waals surface area contributed by atoms with Gasteiger partial charge in [0, 0.05) is 6.42 Å². The number of carbonyl (C=O) groups excluding carboxylic acids is 2. The standard InChI is InChI=1S/C9H11NO.C3H6O.C2H6/c1-7(9(10)11)8-5-3-2-4-6-8;1-2-3-4;1-2/h2-7H,1H3,(H2,10,11);3H,2H2,1H3;1-2H3/t7-;;/m0../s1. The average molecular weight is 237 g/mol. The third-order valence-corrected chi connectivity index (χ3v) is 1.89. The monoisotopic (exact) mass is 237 g/mol. The summed E-state index contributed by atoms with van der Waals surface area (Å²) in [6.45, 7) is 7.62. The Morgan fingerprint density at radius 3 is 2.00 bits per heavy atom. The lowest BCUT2D eigenvalue weighted by Crippen LogP contribution is -2.18. The number of nitrogens with two attached hydrogens (primary N) is 1. The molecule has 3 nitrogen and oxygen atoms in total. The largest absolute Gasteiger partial charge is 0.369 e. The Morgan fingerprint density at radius 1 is 1.29 bits per heavy atom. The highest BCUT2D eigenvalue weighted by Gasteiger charge is 2.09. The Balaban J connectivity index is 0. The molecule has 0 heterocycles. The summed E-state index contributed by atoms with van der Waals surface area (Å²) in [6.07, 6.45) is 1.51. The number of hydrogen-bond acceptors (Lipinski definition) is 2. The summed E-state index contributed by atoms with van der Waals surface area (Å²) in [6, 6.07) is 9.51. The molecule has 0 saturated carbocycles. The van der Waals surface area contributed by atoms with Gasteiger partial charge in [-0.1, -0.05) is 51.1 Å². The van der Waals surface area contributed by atoms with E-state index in [-0.39, 0.29) is 11.8 Å². The Hall–Kier alpha value is -1.64. The lowest BCUT2D eigenvalue weighted by molar-refractivity contribution is -0.119. The van der Waals surface area contributed by atoms with Gasteiger partial charge in [0.1, 0.15) is 6.29 Å². The van der Waals surface area contributed by atoms with Crippen molar-refractivity contribution in [3.63, 3.8) is 0 Å². The van der Waals surface area contributed by atoms with Crippen LogP contribution in [0.2, 0.25) is 0 Å². The first kappa shape index (κ1) is 17.7. The molecule has 1 rings (SSSR count). The lowest BCUT2D eigenvalue weighted by atomic mass is 10.0. The van der Waals surface area contributed by atoms with Crippen LogP contribution in [0.3, 0.4) is 0 Å². The first-order valence-electron chi connectivity index (χ1n) is 5.91. The number of hydrogen-bond donors (Lipinski definition) is 1. The second-order valence-electron chi connectivity index (χ2n) is 3.11. The van der Waals surface area contributed by atoms with Gasteiger partial charge in [-0.15, -0.1) is 0 Å². The van der Waals surface area contributed by atoms with E-state index in [0.29, 0.717) is 6.42 Å². The molecule has 3 heteroatoms. The van der Waals surface area contributed by atoms with Crippen LogP contribution < -0.4 is 5.73 Å². The van der Waals surface area contributed by atoms with Gasteiger partial charge >= 0.3 is 0 Å². The SMILES string of the molecule is CC.CCC=O.C[C@H](C(N)=O)c1ccccc1. The molecule has 0 fully saturated rings. The molecule has 0 spiro atoms. The normalized spacial score (nSPS) is 9.88. The van der Waals surface area contributed by atoms with Crippen molar-refractivity contribution < 1.29 is 9.59 Å². The molecule has 0 aliphatic heterocycles. The van der Waals surface area contributed by atoms with E-state index in [1.165, 1.54) is 0 Å². The highest BCUT2D eigenvalue weighted by Crippen LogP contribution is 2.12. The van der Waals surface area contributed by atoms with Crippen molar-refractivity contribution >= 4 is 12.2 Å².